The Morgan fingerprint density at radius 3 is 2.42 bits per heavy atom. The molecule has 2 aromatic carbocycles. The molecule has 0 bridgehead atoms. The molecule has 0 saturated carbocycles. The summed E-state index contributed by atoms with van der Waals surface area (Å²) in [5, 5.41) is 2.71. The lowest BCUT2D eigenvalue weighted by atomic mass is 10.1. The molecule has 0 aliphatic rings. The molecule has 4 aromatic rings. The van der Waals surface area contributed by atoms with Gasteiger partial charge >= 0.3 is 0 Å². The van der Waals surface area contributed by atoms with E-state index in [9.17, 15) is 22.0 Å². The van der Waals surface area contributed by atoms with Crippen molar-refractivity contribution in [2.75, 3.05) is 10.0 Å². The molecule has 2 heterocycles. The SMILES string of the molecule is Cn1ccc2cc(F)c(C(=O)Nc3ccc(S(=O)(=O)Nc4ncccn4)cc3)c(F)c21. The van der Waals surface area contributed by atoms with Crippen molar-refractivity contribution >= 4 is 38.5 Å². The Kier molecular flexibility index (Phi) is 5.11. The summed E-state index contributed by atoms with van der Waals surface area (Å²) in [6, 6.07) is 9.22. The molecule has 2 N–H and O–H groups in total. The normalized spacial score (nSPS) is 11.5. The van der Waals surface area contributed by atoms with E-state index in [4.69, 9.17) is 0 Å². The van der Waals surface area contributed by atoms with E-state index in [2.05, 4.69) is 20.0 Å². The van der Waals surface area contributed by atoms with Crippen LogP contribution in [0.4, 0.5) is 20.4 Å². The van der Waals surface area contributed by atoms with E-state index in [1.165, 1.54) is 53.4 Å². The average molecular weight is 443 g/mol. The first-order valence-corrected chi connectivity index (χ1v) is 10.4. The highest BCUT2D eigenvalue weighted by Gasteiger charge is 2.22. The van der Waals surface area contributed by atoms with Gasteiger partial charge in [-0.05, 0) is 42.5 Å². The van der Waals surface area contributed by atoms with Gasteiger partial charge in [-0.3, -0.25) is 4.79 Å². The molecule has 1 amide bonds. The van der Waals surface area contributed by atoms with Gasteiger partial charge in [-0.2, -0.15) is 0 Å². The van der Waals surface area contributed by atoms with Crippen LogP contribution in [0, 0.1) is 11.6 Å². The average Bonchev–Trinajstić information content (AvgIpc) is 3.09. The number of carbonyl (C=O) groups is 1. The fourth-order valence-corrected chi connectivity index (χ4v) is 3.99. The summed E-state index contributed by atoms with van der Waals surface area (Å²) in [6.07, 6.45) is 4.33. The van der Waals surface area contributed by atoms with Gasteiger partial charge in [-0.25, -0.2) is 31.9 Å². The third kappa shape index (κ3) is 3.94. The van der Waals surface area contributed by atoms with Crippen LogP contribution in [0.2, 0.25) is 0 Å². The second kappa shape index (κ2) is 7.76. The number of halogens is 2. The Bertz CT molecular complexity index is 1390. The topological polar surface area (TPSA) is 106 Å². The quantitative estimate of drug-likeness (QED) is 0.492. The lowest BCUT2D eigenvalue weighted by Gasteiger charge is -2.10. The van der Waals surface area contributed by atoms with Gasteiger partial charge in [0.1, 0.15) is 11.4 Å². The minimum Gasteiger partial charge on any atom is -0.348 e. The van der Waals surface area contributed by atoms with Crippen molar-refractivity contribution in [2.24, 2.45) is 7.05 Å². The number of sulfonamides is 1. The van der Waals surface area contributed by atoms with Crippen LogP contribution in [-0.2, 0) is 17.1 Å². The summed E-state index contributed by atoms with van der Waals surface area (Å²) in [7, 11) is -2.38. The van der Waals surface area contributed by atoms with Crippen molar-refractivity contribution in [1.82, 2.24) is 14.5 Å². The number of nitrogens with one attached hydrogen (secondary N) is 2. The Morgan fingerprint density at radius 1 is 1.06 bits per heavy atom. The van der Waals surface area contributed by atoms with Crippen molar-refractivity contribution in [2.45, 2.75) is 4.90 Å². The fraction of sp³-hybridized carbons (Fsp3) is 0.0500. The standard InChI is InChI=1S/C20H15F2N5O3S/c1-27-10-7-12-11-15(21)16(17(22)18(12)27)19(28)25-13-3-5-14(6-4-13)31(29,30)26-20-23-8-2-9-24-20/h2-11H,1H3,(H,25,28)(H,23,24,26). The van der Waals surface area contributed by atoms with Gasteiger partial charge in [0, 0.05) is 36.7 Å². The van der Waals surface area contributed by atoms with Crippen LogP contribution in [0.3, 0.4) is 0 Å². The molecule has 0 atom stereocenters. The summed E-state index contributed by atoms with van der Waals surface area (Å²) in [4.78, 5) is 20.0. The molecule has 0 radical (unpaired) electrons. The van der Waals surface area contributed by atoms with Crippen molar-refractivity contribution in [3.8, 4) is 0 Å². The van der Waals surface area contributed by atoms with Gasteiger partial charge in [0.05, 0.1) is 10.4 Å². The zero-order chi connectivity index (χ0) is 22.2. The van der Waals surface area contributed by atoms with Gasteiger partial charge in [0.2, 0.25) is 5.95 Å². The number of carbonyl (C=O) groups excluding carboxylic acids is 1. The van der Waals surface area contributed by atoms with Gasteiger partial charge in [0.15, 0.2) is 5.82 Å². The number of aromatic nitrogens is 3. The zero-order valence-corrected chi connectivity index (χ0v) is 16.8. The monoisotopic (exact) mass is 443 g/mol. The lowest BCUT2D eigenvalue weighted by Crippen LogP contribution is -2.17. The number of nitrogens with zero attached hydrogens (tertiary/aromatic N) is 3. The molecular weight excluding hydrogens is 428 g/mol. The zero-order valence-electron chi connectivity index (χ0n) is 16.0. The van der Waals surface area contributed by atoms with E-state index < -0.39 is 33.1 Å². The van der Waals surface area contributed by atoms with Crippen LogP contribution in [0.25, 0.3) is 10.9 Å². The Hall–Kier alpha value is -3.86. The number of hydrogen-bond donors (Lipinski definition) is 2. The van der Waals surface area contributed by atoms with Crippen LogP contribution < -0.4 is 10.0 Å². The minimum atomic E-state index is -3.96. The molecule has 4 rings (SSSR count). The molecule has 2 aromatic heterocycles. The van der Waals surface area contributed by atoms with Crippen molar-refractivity contribution < 1.29 is 22.0 Å². The van der Waals surface area contributed by atoms with Crippen LogP contribution in [0.5, 0.6) is 0 Å². The van der Waals surface area contributed by atoms with E-state index in [0.29, 0.717) is 5.39 Å². The molecule has 0 fully saturated rings. The van der Waals surface area contributed by atoms with E-state index in [1.54, 1.807) is 13.2 Å². The number of amides is 1. The number of hydrogen-bond acceptors (Lipinski definition) is 5. The second-order valence-electron chi connectivity index (χ2n) is 6.57. The maximum Gasteiger partial charge on any atom is 0.264 e. The third-order valence-corrected chi connectivity index (χ3v) is 5.84. The highest BCUT2D eigenvalue weighted by molar-refractivity contribution is 7.92. The number of rotatable bonds is 5. The fourth-order valence-electron chi connectivity index (χ4n) is 3.03. The maximum absolute atomic E-state index is 14.8. The predicted octanol–water partition coefficient (Wildman–Crippen LogP) is 3.30. The molecule has 0 saturated heterocycles. The molecule has 0 aliphatic heterocycles. The highest BCUT2D eigenvalue weighted by Crippen LogP contribution is 2.26. The number of benzene rings is 2. The summed E-state index contributed by atoms with van der Waals surface area (Å²) in [5.41, 5.74) is -0.471. The van der Waals surface area contributed by atoms with Crippen LogP contribution in [-0.4, -0.2) is 28.9 Å². The molecule has 0 spiro atoms. The predicted molar refractivity (Wildman–Crippen MR) is 110 cm³/mol. The number of fused-ring (bicyclic) bond motifs is 1. The summed E-state index contributed by atoms with van der Waals surface area (Å²) in [5.74, 6) is -3.07. The van der Waals surface area contributed by atoms with Crippen molar-refractivity contribution in [3.05, 3.63) is 78.3 Å². The van der Waals surface area contributed by atoms with Gasteiger partial charge < -0.3 is 9.88 Å². The first-order chi connectivity index (χ1) is 14.8. The second-order valence-corrected chi connectivity index (χ2v) is 8.25. The first-order valence-electron chi connectivity index (χ1n) is 8.90. The largest absolute Gasteiger partial charge is 0.348 e. The van der Waals surface area contributed by atoms with Crippen molar-refractivity contribution in [1.29, 1.82) is 0 Å². The van der Waals surface area contributed by atoms with Crippen LogP contribution in [0.1, 0.15) is 10.4 Å². The molecule has 8 nitrogen and oxygen atoms in total. The number of aryl methyl sites for hydroxylation is 1. The summed E-state index contributed by atoms with van der Waals surface area (Å²) < 4.78 is 57.6. The Morgan fingerprint density at radius 2 is 1.74 bits per heavy atom. The van der Waals surface area contributed by atoms with Gasteiger partial charge in [0.25, 0.3) is 15.9 Å². The van der Waals surface area contributed by atoms with E-state index in [0.717, 1.165) is 6.07 Å². The summed E-state index contributed by atoms with van der Waals surface area (Å²) >= 11 is 0. The molecular formula is C20H15F2N5O3S. The van der Waals surface area contributed by atoms with E-state index >= 15 is 0 Å². The van der Waals surface area contributed by atoms with Gasteiger partial charge in [-0.15, -0.1) is 0 Å². The maximum atomic E-state index is 14.8. The minimum absolute atomic E-state index is 0.0955. The van der Waals surface area contributed by atoms with Gasteiger partial charge in [-0.1, -0.05) is 0 Å². The highest BCUT2D eigenvalue weighted by atomic mass is 32.2. The lowest BCUT2D eigenvalue weighted by molar-refractivity contribution is 0.101. The molecule has 158 valence electrons. The van der Waals surface area contributed by atoms with E-state index in [1.807, 2.05) is 0 Å². The van der Waals surface area contributed by atoms with E-state index in [-0.39, 0.29) is 22.0 Å². The number of anilines is 2. The molecule has 31 heavy (non-hydrogen) atoms. The Balaban J connectivity index is 1.56. The first kappa shape index (κ1) is 20.4. The molecule has 11 heteroatoms. The summed E-state index contributed by atoms with van der Waals surface area (Å²) in [6.45, 7) is 0. The van der Waals surface area contributed by atoms with Crippen molar-refractivity contribution in [3.63, 3.8) is 0 Å². The smallest absolute Gasteiger partial charge is 0.264 e. The van der Waals surface area contributed by atoms with Crippen LogP contribution in [0.15, 0.2) is 66.0 Å². The Labute approximate surface area is 175 Å². The van der Waals surface area contributed by atoms with Crippen LogP contribution >= 0.6 is 0 Å². The molecule has 0 aliphatic carbocycles. The third-order valence-electron chi connectivity index (χ3n) is 4.49. The molecule has 0 unspecified atom stereocenters.